The molecule has 166 valence electrons. The van der Waals surface area contributed by atoms with Gasteiger partial charge in [-0.1, -0.05) is 30.3 Å². The molecule has 0 aromatic heterocycles. The lowest BCUT2D eigenvalue weighted by molar-refractivity contribution is -0.0585. The number of piperidine rings is 1. The van der Waals surface area contributed by atoms with Crippen LogP contribution in [0.15, 0.2) is 30.3 Å². The number of carbonyl (C=O) groups excluding carboxylic acids is 2. The van der Waals surface area contributed by atoms with Crippen LogP contribution >= 0.6 is 0 Å². The van der Waals surface area contributed by atoms with E-state index < -0.39 is 11.7 Å². The maximum atomic E-state index is 12.5. The highest BCUT2D eigenvalue weighted by atomic mass is 16.6. The molecule has 1 heterocycles. The van der Waals surface area contributed by atoms with Gasteiger partial charge >= 0.3 is 12.2 Å². The Bertz CT molecular complexity index is 733. The largest absolute Gasteiger partial charge is 0.445 e. The molecule has 2 N–H and O–H groups in total. The first kappa shape index (κ1) is 22.4. The second-order valence-electron chi connectivity index (χ2n) is 9.59. The van der Waals surface area contributed by atoms with Gasteiger partial charge in [-0.3, -0.25) is 0 Å². The molecule has 1 aliphatic carbocycles. The fourth-order valence-electron chi connectivity index (χ4n) is 4.58. The SMILES string of the molecule is CC(C)(C)OC(=O)N1CC[C@H]2C[C@@H](NC(=O)OCc3ccccc3)CC[C@]2(CO)C1. The molecule has 7 heteroatoms. The number of nitrogens with zero attached hydrogens (tertiary/aromatic N) is 1. The Balaban J connectivity index is 1.52. The van der Waals surface area contributed by atoms with E-state index in [2.05, 4.69) is 5.32 Å². The van der Waals surface area contributed by atoms with E-state index in [9.17, 15) is 14.7 Å². The number of ether oxygens (including phenoxy) is 2. The Kier molecular flexibility index (Phi) is 6.91. The fourth-order valence-corrected chi connectivity index (χ4v) is 4.58. The summed E-state index contributed by atoms with van der Waals surface area (Å²) in [4.78, 5) is 26.4. The minimum Gasteiger partial charge on any atom is -0.445 e. The molecule has 3 atom stereocenters. The van der Waals surface area contributed by atoms with Gasteiger partial charge in [0.25, 0.3) is 0 Å². The van der Waals surface area contributed by atoms with Crippen molar-refractivity contribution in [2.45, 2.75) is 64.7 Å². The first-order chi connectivity index (χ1) is 14.2. The summed E-state index contributed by atoms with van der Waals surface area (Å²) in [6, 6.07) is 9.61. The Morgan fingerprint density at radius 1 is 1.23 bits per heavy atom. The van der Waals surface area contributed by atoms with Gasteiger partial charge in [-0.2, -0.15) is 0 Å². The summed E-state index contributed by atoms with van der Waals surface area (Å²) < 4.78 is 10.9. The van der Waals surface area contributed by atoms with E-state index in [1.165, 1.54) is 0 Å². The van der Waals surface area contributed by atoms with Crippen molar-refractivity contribution >= 4 is 12.2 Å². The molecule has 1 aromatic rings. The lowest BCUT2D eigenvalue weighted by Gasteiger charge is -2.51. The number of alkyl carbamates (subject to hydrolysis) is 1. The predicted molar refractivity (Wildman–Crippen MR) is 113 cm³/mol. The van der Waals surface area contributed by atoms with Crippen LogP contribution in [0.3, 0.4) is 0 Å². The number of likely N-dealkylation sites (tertiary alicyclic amines) is 1. The maximum absolute atomic E-state index is 12.5. The molecule has 1 saturated heterocycles. The van der Waals surface area contributed by atoms with Crippen molar-refractivity contribution in [3.63, 3.8) is 0 Å². The molecule has 7 nitrogen and oxygen atoms in total. The fraction of sp³-hybridized carbons (Fsp3) is 0.652. The van der Waals surface area contributed by atoms with Crippen molar-refractivity contribution in [1.82, 2.24) is 10.2 Å². The molecular formula is C23H34N2O5. The van der Waals surface area contributed by atoms with Crippen molar-refractivity contribution < 1.29 is 24.2 Å². The van der Waals surface area contributed by atoms with Crippen LogP contribution in [0.1, 0.15) is 52.0 Å². The number of hydrogen-bond acceptors (Lipinski definition) is 5. The van der Waals surface area contributed by atoms with E-state index in [0.29, 0.717) is 13.1 Å². The number of hydrogen-bond donors (Lipinski definition) is 2. The predicted octanol–water partition coefficient (Wildman–Crippen LogP) is 3.70. The highest BCUT2D eigenvalue weighted by molar-refractivity contribution is 5.68. The molecule has 1 aliphatic heterocycles. The zero-order valence-electron chi connectivity index (χ0n) is 18.2. The van der Waals surface area contributed by atoms with Crippen LogP contribution in [0.5, 0.6) is 0 Å². The Morgan fingerprint density at radius 3 is 2.63 bits per heavy atom. The van der Waals surface area contributed by atoms with Gasteiger partial charge in [-0.15, -0.1) is 0 Å². The normalized spacial score (nSPS) is 26.5. The summed E-state index contributed by atoms with van der Waals surface area (Å²) in [5.74, 6) is 0.245. The van der Waals surface area contributed by atoms with E-state index >= 15 is 0 Å². The van der Waals surface area contributed by atoms with Crippen LogP contribution in [0, 0.1) is 11.3 Å². The second-order valence-corrected chi connectivity index (χ2v) is 9.59. The Hall–Kier alpha value is -2.28. The van der Waals surface area contributed by atoms with E-state index in [4.69, 9.17) is 9.47 Å². The van der Waals surface area contributed by atoms with E-state index in [1.807, 2.05) is 51.1 Å². The number of aliphatic hydroxyl groups is 1. The number of carbonyl (C=O) groups is 2. The topological polar surface area (TPSA) is 88.1 Å². The van der Waals surface area contributed by atoms with E-state index in [0.717, 1.165) is 31.2 Å². The molecule has 2 aliphatic rings. The summed E-state index contributed by atoms with van der Waals surface area (Å²) in [5, 5.41) is 13.2. The van der Waals surface area contributed by atoms with Crippen LogP contribution in [-0.2, 0) is 16.1 Å². The summed E-state index contributed by atoms with van der Waals surface area (Å²) in [6.07, 6.45) is 2.33. The first-order valence-corrected chi connectivity index (χ1v) is 10.8. The average Bonchev–Trinajstić information content (AvgIpc) is 2.71. The number of rotatable bonds is 4. The molecule has 1 saturated carbocycles. The zero-order valence-corrected chi connectivity index (χ0v) is 18.2. The molecular weight excluding hydrogens is 384 g/mol. The van der Waals surface area contributed by atoms with E-state index in [1.54, 1.807) is 4.90 Å². The lowest BCUT2D eigenvalue weighted by Crippen LogP contribution is -2.57. The van der Waals surface area contributed by atoms with Gasteiger partial charge < -0.3 is 24.8 Å². The molecule has 3 rings (SSSR count). The smallest absolute Gasteiger partial charge is 0.410 e. The third-order valence-corrected chi connectivity index (χ3v) is 6.18. The number of nitrogens with one attached hydrogen (secondary N) is 1. The molecule has 30 heavy (non-hydrogen) atoms. The number of fused-ring (bicyclic) bond motifs is 1. The molecule has 2 fully saturated rings. The summed E-state index contributed by atoms with van der Waals surface area (Å²) in [7, 11) is 0. The third-order valence-electron chi connectivity index (χ3n) is 6.18. The van der Waals surface area contributed by atoms with Crippen molar-refractivity contribution in [1.29, 1.82) is 0 Å². The van der Waals surface area contributed by atoms with Crippen molar-refractivity contribution in [3.05, 3.63) is 35.9 Å². The van der Waals surface area contributed by atoms with Crippen LogP contribution in [-0.4, -0.2) is 53.5 Å². The van der Waals surface area contributed by atoms with Crippen molar-refractivity contribution in [3.8, 4) is 0 Å². The van der Waals surface area contributed by atoms with Crippen LogP contribution < -0.4 is 5.32 Å². The third kappa shape index (κ3) is 5.65. The van der Waals surface area contributed by atoms with Gasteiger partial charge in [0.2, 0.25) is 0 Å². The number of aliphatic hydroxyl groups excluding tert-OH is 1. The van der Waals surface area contributed by atoms with Crippen LogP contribution in [0.2, 0.25) is 0 Å². The summed E-state index contributed by atoms with van der Waals surface area (Å²) in [6.45, 7) is 6.94. The van der Waals surface area contributed by atoms with Gasteiger partial charge in [0, 0.05) is 24.5 Å². The Morgan fingerprint density at radius 2 is 1.97 bits per heavy atom. The number of amides is 2. The molecule has 0 spiro atoms. The van der Waals surface area contributed by atoms with Gasteiger partial charge in [-0.05, 0) is 57.9 Å². The van der Waals surface area contributed by atoms with Crippen LogP contribution in [0.25, 0.3) is 0 Å². The van der Waals surface area contributed by atoms with E-state index in [-0.39, 0.29) is 36.7 Å². The Labute approximate surface area is 178 Å². The number of benzene rings is 1. The zero-order chi connectivity index (χ0) is 21.8. The average molecular weight is 419 g/mol. The summed E-state index contributed by atoms with van der Waals surface area (Å²) >= 11 is 0. The standard InChI is InChI=1S/C23H34N2O5/c1-22(2,3)30-21(28)25-12-10-18-13-19(9-11-23(18,15-25)16-26)24-20(27)29-14-17-7-5-4-6-8-17/h4-8,18-19,26H,9-16H2,1-3H3,(H,24,27)/t18-,19-,23+/m0/s1. The van der Waals surface area contributed by atoms with Crippen molar-refractivity contribution in [2.75, 3.05) is 19.7 Å². The minimum absolute atomic E-state index is 0.0195. The lowest BCUT2D eigenvalue weighted by atomic mass is 9.62. The molecule has 2 amide bonds. The van der Waals surface area contributed by atoms with Crippen LogP contribution in [0.4, 0.5) is 9.59 Å². The first-order valence-electron chi connectivity index (χ1n) is 10.8. The molecule has 0 unspecified atom stereocenters. The quantitative estimate of drug-likeness (QED) is 0.778. The summed E-state index contributed by atoms with van der Waals surface area (Å²) in [5.41, 5.74) is 0.0774. The van der Waals surface area contributed by atoms with Gasteiger partial charge in [0.1, 0.15) is 12.2 Å². The van der Waals surface area contributed by atoms with Gasteiger partial charge in [0.15, 0.2) is 0 Å². The maximum Gasteiger partial charge on any atom is 0.410 e. The van der Waals surface area contributed by atoms with Gasteiger partial charge in [0.05, 0.1) is 6.61 Å². The second kappa shape index (κ2) is 9.25. The highest BCUT2D eigenvalue weighted by Gasteiger charge is 2.48. The van der Waals surface area contributed by atoms with Gasteiger partial charge in [-0.25, -0.2) is 9.59 Å². The molecule has 1 aromatic carbocycles. The van der Waals surface area contributed by atoms with Crippen molar-refractivity contribution in [2.24, 2.45) is 11.3 Å². The molecule has 0 radical (unpaired) electrons. The highest BCUT2D eigenvalue weighted by Crippen LogP contribution is 2.46. The molecule has 0 bridgehead atoms. The minimum atomic E-state index is -0.540. The monoisotopic (exact) mass is 418 g/mol.